The second-order valence-electron chi connectivity index (χ2n) is 6.15. The number of nitrogens with zero attached hydrogens (tertiary/aromatic N) is 1. The zero-order chi connectivity index (χ0) is 19.8. The molecule has 3 amide bonds. The SMILES string of the molecule is CCCCNC(=O)COC(=O)c1ccc2c(c1)C(=O)N(CCCOC)C2=O. The van der Waals surface area contributed by atoms with Gasteiger partial charge in [-0.05, 0) is 31.0 Å². The maximum Gasteiger partial charge on any atom is 0.338 e. The minimum Gasteiger partial charge on any atom is -0.452 e. The van der Waals surface area contributed by atoms with Gasteiger partial charge in [-0.1, -0.05) is 13.3 Å². The molecule has 0 spiro atoms. The number of esters is 1. The summed E-state index contributed by atoms with van der Waals surface area (Å²) in [6.07, 6.45) is 2.33. The van der Waals surface area contributed by atoms with E-state index >= 15 is 0 Å². The van der Waals surface area contributed by atoms with Gasteiger partial charge in [0.1, 0.15) is 0 Å². The summed E-state index contributed by atoms with van der Waals surface area (Å²) in [6, 6.07) is 4.19. The van der Waals surface area contributed by atoms with Gasteiger partial charge in [0.25, 0.3) is 17.7 Å². The minimum absolute atomic E-state index is 0.120. The standard InChI is InChI=1S/C19H24N2O6/c1-3-4-8-20-16(22)12-27-19(25)13-6-7-14-15(11-13)18(24)21(17(14)23)9-5-10-26-2/h6-7,11H,3-5,8-10,12H2,1-2H3,(H,20,22). The van der Waals surface area contributed by atoms with Gasteiger partial charge in [0.2, 0.25) is 0 Å². The first-order valence-corrected chi connectivity index (χ1v) is 8.92. The first-order chi connectivity index (χ1) is 13.0. The highest BCUT2D eigenvalue weighted by Gasteiger charge is 2.35. The Bertz CT molecular complexity index is 731. The van der Waals surface area contributed by atoms with Crippen molar-refractivity contribution in [2.75, 3.05) is 33.4 Å². The fraction of sp³-hybridized carbons (Fsp3) is 0.474. The van der Waals surface area contributed by atoms with E-state index < -0.39 is 18.5 Å². The Morgan fingerprint density at radius 2 is 1.85 bits per heavy atom. The fourth-order valence-corrected chi connectivity index (χ4v) is 2.66. The number of carbonyl (C=O) groups is 4. The lowest BCUT2D eigenvalue weighted by Crippen LogP contribution is -2.31. The van der Waals surface area contributed by atoms with Crippen molar-refractivity contribution in [3.63, 3.8) is 0 Å². The molecule has 0 saturated carbocycles. The normalized spacial score (nSPS) is 12.9. The average Bonchev–Trinajstić information content (AvgIpc) is 2.91. The van der Waals surface area contributed by atoms with Gasteiger partial charge in [-0.15, -0.1) is 0 Å². The van der Waals surface area contributed by atoms with Crippen LogP contribution in [0.5, 0.6) is 0 Å². The van der Waals surface area contributed by atoms with Gasteiger partial charge in [-0.3, -0.25) is 19.3 Å². The number of nitrogens with one attached hydrogen (secondary N) is 1. The first kappa shape index (κ1) is 20.6. The van der Waals surface area contributed by atoms with Crippen LogP contribution in [0.3, 0.4) is 0 Å². The van der Waals surface area contributed by atoms with Crippen LogP contribution in [0.2, 0.25) is 0 Å². The number of methoxy groups -OCH3 is 1. The molecule has 0 aromatic heterocycles. The second-order valence-corrected chi connectivity index (χ2v) is 6.15. The van der Waals surface area contributed by atoms with Gasteiger partial charge in [-0.25, -0.2) is 4.79 Å². The van der Waals surface area contributed by atoms with E-state index in [2.05, 4.69) is 5.32 Å². The van der Waals surface area contributed by atoms with Crippen molar-refractivity contribution < 1.29 is 28.7 Å². The lowest BCUT2D eigenvalue weighted by atomic mass is 10.1. The molecule has 1 aromatic carbocycles. The second kappa shape index (κ2) is 9.82. The number of hydrogen-bond acceptors (Lipinski definition) is 6. The van der Waals surface area contributed by atoms with Crippen molar-refractivity contribution in [1.82, 2.24) is 10.2 Å². The Labute approximate surface area is 157 Å². The maximum absolute atomic E-state index is 12.4. The minimum atomic E-state index is -0.721. The number of rotatable bonds is 10. The third kappa shape index (κ3) is 5.13. The Hall–Kier alpha value is -2.74. The molecule has 1 aliphatic heterocycles. The van der Waals surface area contributed by atoms with Crippen molar-refractivity contribution in [2.24, 2.45) is 0 Å². The molecule has 8 nitrogen and oxygen atoms in total. The van der Waals surface area contributed by atoms with Gasteiger partial charge < -0.3 is 14.8 Å². The van der Waals surface area contributed by atoms with Crippen molar-refractivity contribution in [2.45, 2.75) is 26.2 Å². The zero-order valence-electron chi connectivity index (χ0n) is 15.6. The average molecular weight is 376 g/mol. The highest BCUT2D eigenvalue weighted by atomic mass is 16.5. The third-order valence-corrected chi connectivity index (χ3v) is 4.12. The number of ether oxygens (including phenoxy) is 2. The van der Waals surface area contributed by atoms with E-state index in [0.717, 1.165) is 17.7 Å². The largest absolute Gasteiger partial charge is 0.452 e. The summed E-state index contributed by atoms with van der Waals surface area (Å²) < 4.78 is 9.91. The molecule has 1 aromatic rings. The van der Waals surface area contributed by atoms with E-state index in [9.17, 15) is 19.2 Å². The topological polar surface area (TPSA) is 102 Å². The molecular formula is C19H24N2O6. The Morgan fingerprint density at radius 1 is 1.11 bits per heavy atom. The molecule has 1 heterocycles. The van der Waals surface area contributed by atoms with E-state index in [0.29, 0.717) is 19.6 Å². The molecule has 27 heavy (non-hydrogen) atoms. The van der Waals surface area contributed by atoms with E-state index in [1.165, 1.54) is 18.2 Å². The summed E-state index contributed by atoms with van der Waals surface area (Å²) in [5.41, 5.74) is 0.542. The van der Waals surface area contributed by atoms with Crippen LogP contribution in [-0.4, -0.2) is 62.0 Å². The van der Waals surface area contributed by atoms with Crippen LogP contribution in [-0.2, 0) is 14.3 Å². The van der Waals surface area contributed by atoms with Crippen LogP contribution in [0, 0.1) is 0 Å². The molecule has 0 saturated heterocycles. The van der Waals surface area contributed by atoms with Crippen LogP contribution in [0.4, 0.5) is 0 Å². The summed E-state index contributed by atoms with van der Waals surface area (Å²) >= 11 is 0. The molecule has 0 aliphatic carbocycles. The summed E-state index contributed by atoms with van der Waals surface area (Å²) in [7, 11) is 1.55. The van der Waals surface area contributed by atoms with Crippen LogP contribution in [0.1, 0.15) is 57.3 Å². The first-order valence-electron chi connectivity index (χ1n) is 8.92. The smallest absolute Gasteiger partial charge is 0.338 e. The van der Waals surface area contributed by atoms with Gasteiger partial charge in [0, 0.05) is 26.8 Å². The molecule has 0 fully saturated rings. The lowest BCUT2D eigenvalue weighted by molar-refractivity contribution is -0.124. The molecule has 8 heteroatoms. The van der Waals surface area contributed by atoms with Gasteiger partial charge in [-0.2, -0.15) is 0 Å². The quantitative estimate of drug-likeness (QED) is 0.376. The Kier molecular flexibility index (Phi) is 7.48. The molecule has 1 N–H and O–H groups in total. The molecule has 2 rings (SSSR count). The van der Waals surface area contributed by atoms with Crippen LogP contribution >= 0.6 is 0 Å². The summed E-state index contributed by atoms with van der Waals surface area (Å²) in [6.45, 7) is 2.82. The summed E-state index contributed by atoms with van der Waals surface area (Å²) in [5.74, 6) is -1.94. The predicted molar refractivity (Wildman–Crippen MR) is 96.5 cm³/mol. The number of amides is 3. The van der Waals surface area contributed by atoms with E-state index in [4.69, 9.17) is 9.47 Å². The van der Waals surface area contributed by atoms with Crippen molar-refractivity contribution in [3.8, 4) is 0 Å². The van der Waals surface area contributed by atoms with Crippen LogP contribution in [0.15, 0.2) is 18.2 Å². The third-order valence-electron chi connectivity index (χ3n) is 4.12. The van der Waals surface area contributed by atoms with Crippen molar-refractivity contribution in [1.29, 1.82) is 0 Å². The van der Waals surface area contributed by atoms with E-state index in [1.54, 1.807) is 7.11 Å². The lowest BCUT2D eigenvalue weighted by Gasteiger charge is -2.12. The monoisotopic (exact) mass is 376 g/mol. The summed E-state index contributed by atoms with van der Waals surface area (Å²) in [5, 5.41) is 2.64. The van der Waals surface area contributed by atoms with Crippen molar-refractivity contribution in [3.05, 3.63) is 34.9 Å². The number of hydrogen-bond donors (Lipinski definition) is 1. The maximum atomic E-state index is 12.4. The van der Waals surface area contributed by atoms with Gasteiger partial charge in [0.05, 0.1) is 16.7 Å². The predicted octanol–water partition coefficient (Wildman–Crippen LogP) is 1.39. The molecule has 0 atom stereocenters. The highest BCUT2D eigenvalue weighted by molar-refractivity contribution is 6.21. The molecular weight excluding hydrogens is 352 g/mol. The molecule has 1 aliphatic rings. The van der Waals surface area contributed by atoms with Gasteiger partial charge >= 0.3 is 5.97 Å². The number of carbonyl (C=O) groups excluding carboxylic acids is 4. The molecule has 146 valence electrons. The van der Waals surface area contributed by atoms with Gasteiger partial charge in [0.15, 0.2) is 6.61 Å². The fourth-order valence-electron chi connectivity index (χ4n) is 2.66. The molecule has 0 radical (unpaired) electrons. The Morgan fingerprint density at radius 3 is 2.56 bits per heavy atom. The van der Waals surface area contributed by atoms with Crippen molar-refractivity contribution >= 4 is 23.7 Å². The van der Waals surface area contributed by atoms with E-state index in [-0.39, 0.29) is 35.0 Å². The van der Waals surface area contributed by atoms with Crippen LogP contribution in [0.25, 0.3) is 0 Å². The number of unbranched alkanes of at least 4 members (excludes halogenated alkanes) is 1. The molecule has 0 unspecified atom stereocenters. The van der Waals surface area contributed by atoms with E-state index in [1.807, 2.05) is 6.92 Å². The molecule has 0 bridgehead atoms. The summed E-state index contributed by atoms with van der Waals surface area (Å²) in [4.78, 5) is 49.6. The number of fused-ring (bicyclic) bond motifs is 1. The Balaban J connectivity index is 1.98. The highest BCUT2D eigenvalue weighted by Crippen LogP contribution is 2.24. The number of benzene rings is 1. The zero-order valence-corrected chi connectivity index (χ0v) is 15.6. The van der Waals surface area contributed by atoms with Crippen LogP contribution < -0.4 is 5.32 Å². The number of imide groups is 1.